The van der Waals surface area contributed by atoms with Gasteiger partial charge in [0.2, 0.25) is 15.9 Å². The summed E-state index contributed by atoms with van der Waals surface area (Å²) in [5.41, 5.74) is -0.218. The normalized spacial score (nSPS) is 13.6. The Morgan fingerprint density at radius 1 is 1.13 bits per heavy atom. The summed E-state index contributed by atoms with van der Waals surface area (Å²) in [6.07, 6.45) is 0.391. The number of carbonyl (C=O) groups is 1. The van der Waals surface area contributed by atoms with Gasteiger partial charge in [0, 0.05) is 18.2 Å². The molecule has 0 aliphatic rings. The third-order valence-corrected chi connectivity index (χ3v) is 6.29. The predicted molar refractivity (Wildman–Crippen MR) is 108 cm³/mol. The van der Waals surface area contributed by atoms with Crippen LogP contribution in [0.15, 0.2) is 47.4 Å². The standard InChI is InChI=1S/C19H21F3N2O4S2/c1-29-9-8-16(24-30(27,28)18-5-3-2-4-14(18)21)19(26)23-11-17(25)13-7-6-12(20)10-15(13)22/h2-7,10,16-17,24-25H,8-9,11H2,1H3,(H,23,26). The summed E-state index contributed by atoms with van der Waals surface area (Å²) >= 11 is 1.37. The van der Waals surface area contributed by atoms with E-state index in [2.05, 4.69) is 10.0 Å². The molecule has 0 aliphatic carbocycles. The number of thioether (sulfide) groups is 1. The molecular formula is C19H21F3N2O4S2. The van der Waals surface area contributed by atoms with Crippen molar-refractivity contribution in [3.05, 3.63) is 65.5 Å². The lowest BCUT2D eigenvalue weighted by atomic mass is 10.1. The summed E-state index contributed by atoms with van der Waals surface area (Å²) in [7, 11) is -4.33. The molecule has 0 fully saturated rings. The second-order valence-electron chi connectivity index (χ2n) is 6.31. The predicted octanol–water partition coefficient (Wildman–Crippen LogP) is 2.35. The first-order valence-corrected chi connectivity index (χ1v) is 11.7. The summed E-state index contributed by atoms with van der Waals surface area (Å²) in [6.45, 7) is -0.432. The summed E-state index contributed by atoms with van der Waals surface area (Å²) in [5, 5.41) is 12.4. The lowest BCUT2D eigenvalue weighted by Gasteiger charge is -2.20. The first-order valence-electron chi connectivity index (χ1n) is 8.82. The summed E-state index contributed by atoms with van der Waals surface area (Å²) in [4.78, 5) is 11.9. The molecule has 11 heteroatoms. The zero-order valence-electron chi connectivity index (χ0n) is 15.9. The molecule has 2 unspecified atom stereocenters. The van der Waals surface area contributed by atoms with Crippen LogP contribution in [0.25, 0.3) is 0 Å². The lowest BCUT2D eigenvalue weighted by Crippen LogP contribution is -2.48. The number of hydrogen-bond acceptors (Lipinski definition) is 5. The zero-order valence-corrected chi connectivity index (χ0v) is 17.6. The van der Waals surface area contributed by atoms with Gasteiger partial charge in [-0.2, -0.15) is 16.5 Å². The van der Waals surface area contributed by atoms with Gasteiger partial charge in [-0.25, -0.2) is 21.6 Å². The van der Waals surface area contributed by atoms with Crippen molar-refractivity contribution in [2.24, 2.45) is 0 Å². The van der Waals surface area contributed by atoms with E-state index in [1.54, 1.807) is 6.26 Å². The molecule has 2 rings (SSSR count). The van der Waals surface area contributed by atoms with Crippen LogP contribution in [0, 0.1) is 17.5 Å². The highest BCUT2D eigenvalue weighted by Gasteiger charge is 2.27. The van der Waals surface area contributed by atoms with Crippen molar-refractivity contribution in [1.82, 2.24) is 10.0 Å². The minimum Gasteiger partial charge on any atom is -0.386 e. The minimum absolute atomic E-state index is 0.0989. The topological polar surface area (TPSA) is 95.5 Å². The summed E-state index contributed by atoms with van der Waals surface area (Å²) < 4.78 is 67.8. The molecule has 2 aromatic rings. The van der Waals surface area contributed by atoms with Crippen molar-refractivity contribution in [1.29, 1.82) is 0 Å². The van der Waals surface area contributed by atoms with Gasteiger partial charge in [0.1, 0.15) is 28.4 Å². The Kier molecular flexibility index (Phi) is 8.71. The van der Waals surface area contributed by atoms with Crippen LogP contribution in [0.5, 0.6) is 0 Å². The maximum Gasteiger partial charge on any atom is 0.244 e. The minimum atomic E-state index is -4.33. The molecule has 0 heterocycles. The van der Waals surface area contributed by atoms with Crippen molar-refractivity contribution >= 4 is 27.7 Å². The van der Waals surface area contributed by atoms with Gasteiger partial charge >= 0.3 is 0 Å². The molecule has 2 aromatic carbocycles. The number of halogens is 3. The highest BCUT2D eigenvalue weighted by atomic mass is 32.2. The number of benzene rings is 2. The van der Waals surface area contributed by atoms with Crippen LogP contribution in [0.2, 0.25) is 0 Å². The SMILES string of the molecule is CSCCC(NS(=O)(=O)c1ccccc1F)C(=O)NCC(O)c1ccc(F)cc1F. The number of carbonyl (C=O) groups excluding carboxylic acids is 1. The van der Waals surface area contributed by atoms with Crippen molar-refractivity contribution in [3.8, 4) is 0 Å². The molecule has 0 radical (unpaired) electrons. The van der Waals surface area contributed by atoms with Gasteiger partial charge in [-0.1, -0.05) is 18.2 Å². The van der Waals surface area contributed by atoms with Crippen molar-refractivity contribution in [2.75, 3.05) is 18.6 Å². The van der Waals surface area contributed by atoms with Gasteiger partial charge in [0.15, 0.2) is 0 Å². The molecule has 164 valence electrons. The van der Waals surface area contributed by atoms with Gasteiger partial charge in [0.25, 0.3) is 0 Å². The van der Waals surface area contributed by atoms with Gasteiger partial charge < -0.3 is 10.4 Å². The quantitative estimate of drug-likeness (QED) is 0.504. The van der Waals surface area contributed by atoms with Crippen LogP contribution >= 0.6 is 11.8 Å². The molecule has 0 saturated carbocycles. The molecule has 6 nitrogen and oxygen atoms in total. The maximum absolute atomic E-state index is 13.9. The van der Waals surface area contributed by atoms with E-state index in [1.807, 2.05) is 0 Å². The number of sulfonamides is 1. The average Bonchev–Trinajstić information content (AvgIpc) is 2.69. The second-order valence-corrected chi connectivity index (χ2v) is 8.98. The molecule has 1 amide bonds. The Hall–Kier alpha value is -2.08. The number of nitrogens with one attached hydrogen (secondary N) is 2. The Balaban J connectivity index is 2.10. The van der Waals surface area contributed by atoms with Crippen LogP contribution < -0.4 is 10.0 Å². The van der Waals surface area contributed by atoms with Gasteiger partial charge in [-0.15, -0.1) is 0 Å². The first kappa shape index (κ1) is 24.2. The molecule has 0 bridgehead atoms. The summed E-state index contributed by atoms with van der Waals surface area (Å²) in [5.74, 6) is -3.10. The van der Waals surface area contributed by atoms with Gasteiger partial charge in [0.05, 0.1) is 6.10 Å². The molecule has 0 spiro atoms. The van der Waals surface area contributed by atoms with Crippen LogP contribution in [-0.4, -0.2) is 44.0 Å². The van der Waals surface area contributed by atoms with Crippen LogP contribution in [-0.2, 0) is 14.8 Å². The van der Waals surface area contributed by atoms with Gasteiger partial charge in [-0.3, -0.25) is 4.79 Å². The molecule has 2 atom stereocenters. The lowest BCUT2D eigenvalue weighted by molar-refractivity contribution is -0.123. The van der Waals surface area contributed by atoms with Crippen LogP contribution in [0.3, 0.4) is 0 Å². The number of hydrogen-bond donors (Lipinski definition) is 3. The number of amides is 1. The largest absolute Gasteiger partial charge is 0.386 e. The van der Waals surface area contributed by atoms with Crippen LogP contribution in [0.1, 0.15) is 18.1 Å². The first-order chi connectivity index (χ1) is 14.2. The molecule has 0 aromatic heterocycles. The number of aliphatic hydroxyl groups excluding tert-OH is 1. The van der Waals surface area contributed by atoms with E-state index in [1.165, 1.54) is 23.9 Å². The number of rotatable bonds is 10. The Morgan fingerprint density at radius 3 is 2.47 bits per heavy atom. The van der Waals surface area contributed by atoms with E-state index in [0.29, 0.717) is 11.8 Å². The smallest absolute Gasteiger partial charge is 0.244 e. The van der Waals surface area contributed by atoms with Crippen molar-refractivity contribution in [3.63, 3.8) is 0 Å². The second kappa shape index (κ2) is 10.8. The fourth-order valence-corrected chi connectivity index (χ4v) is 4.38. The third kappa shape index (κ3) is 6.46. The van der Waals surface area contributed by atoms with Crippen molar-refractivity contribution < 1.29 is 31.5 Å². The fraction of sp³-hybridized carbons (Fsp3) is 0.316. The van der Waals surface area contributed by atoms with E-state index in [0.717, 1.165) is 24.3 Å². The van der Waals surface area contributed by atoms with E-state index in [9.17, 15) is 31.5 Å². The Morgan fingerprint density at radius 2 is 1.83 bits per heavy atom. The van der Waals surface area contributed by atoms with E-state index in [-0.39, 0.29) is 12.0 Å². The molecule has 30 heavy (non-hydrogen) atoms. The number of aliphatic hydroxyl groups is 1. The van der Waals surface area contributed by atoms with Crippen molar-refractivity contribution in [2.45, 2.75) is 23.5 Å². The maximum atomic E-state index is 13.9. The molecular weight excluding hydrogens is 441 g/mol. The fourth-order valence-electron chi connectivity index (χ4n) is 2.59. The Bertz CT molecular complexity index is 989. The van der Waals surface area contributed by atoms with Gasteiger partial charge in [-0.05, 0) is 36.6 Å². The zero-order chi connectivity index (χ0) is 22.3. The third-order valence-electron chi connectivity index (χ3n) is 4.14. The molecule has 0 aliphatic heterocycles. The van der Waals surface area contributed by atoms with E-state index in [4.69, 9.17) is 0 Å². The van der Waals surface area contributed by atoms with E-state index >= 15 is 0 Å². The average molecular weight is 463 g/mol. The Labute approximate surface area is 176 Å². The highest BCUT2D eigenvalue weighted by Crippen LogP contribution is 2.18. The van der Waals surface area contributed by atoms with E-state index < -0.39 is 57.0 Å². The monoisotopic (exact) mass is 462 g/mol. The van der Waals surface area contributed by atoms with Crippen LogP contribution in [0.4, 0.5) is 13.2 Å². The highest BCUT2D eigenvalue weighted by molar-refractivity contribution is 7.98. The molecule has 0 saturated heterocycles. The summed E-state index contributed by atoms with van der Waals surface area (Å²) in [6, 6.07) is 6.11. The molecule has 3 N–H and O–H groups in total.